The molecule has 3 aromatic rings. The summed E-state index contributed by atoms with van der Waals surface area (Å²) >= 11 is 0. The number of hydrogen-bond acceptors (Lipinski definition) is 5. The Labute approximate surface area is 236 Å². The number of likely N-dealkylation sites (tertiary alicyclic amines) is 1. The van der Waals surface area contributed by atoms with Crippen LogP contribution in [0, 0.1) is 23.2 Å². The minimum atomic E-state index is -3.70. The molecule has 0 saturated carbocycles. The van der Waals surface area contributed by atoms with E-state index in [1.54, 1.807) is 44.4 Å². The van der Waals surface area contributed by atoms with E-state index in [1.165, 1.54) is 0 Å². The average Bonchev–Trinajstić information content (AvgIpc) is 3.40. The Balaban J connectivity index is 1.57. The van der Waals surface area contributed by atoms with Gasteiger partial charge in [-0.05, 0) is 67.9 Å². The second-order valence-electron chi connectivity index (χ2n) is 11.0. The number of benzene rings is 2. The van der Waals surface area contributed by atoms with Crippen molar-refractivity contribution < 1.29 is 13.2 Å². The summed E-state index contributed by atoms with van der Waals surface area (Å²) in [4.78, 5) is 15.1. The fourth-order valence-corrected chi connectivity index (χ4v) is 7.48. The SMILES string of the molecule is CC1CC(C)CN(S(=O)(=O)c2cccc(-c3nn(-c4ccccc4)cc3/C=C(/C#N)C(=O)N3CCCCC3)c2)C1. The van der Waals surface area contributed by atoms with Gasteiger partial charge in [-0.3, -0.25) is 4.79 Å². The van der Waals surface area contributed by atoms with Crippen molar-refractivity contribution in [3.05, 3.63) is 71.9 Å². The molecule has 3 heterocycles. The lowest BCUT2D eigenvalue weighted by molar-refractivity contribution is -0.127. The number of piperidine rings is 2. The number of hydrogen-bond donors (Lipinski definition) is 0. The van der Waals surface area contributed by atoms with Gasteiger partial charge in [0.15, 0.2) is 0 Å². The first kappa shape index (κ1) is 27.8. The predicted octanol–water partition coefficient (Wildman–Crippen LogP) is 5.13. The molecule has 0 spiro atoms. The maximum atomic E-state index is 13.7. The molecule has 2 unspecified atom stereocenters. The highest BCUT2D eigenvalue weighted by Crippen LogP contribution is 2.31. The zero-order valence-corrected chi connectivity index (χ0v) is 23.8. The average molecular weight is 558 g/mol. The molecule has 8 nitrogen and oxygen atoms in total. The minimum Gasteiger partial charge on any atom is -0.338 e. The van der Waals surface area contributed by atoms with Gasteiger partial charge in [0.1, 0.15) is 17.3 Å². The van der Waals surface area contributed by atoms with Crippen molar-refractivity contribution in [1.29, 1.82) is 5.26 Å². The lowest BCUT2D eigenvalue weighted by Crippen LogP contribution is -2.42. The van der Waals surface area contributed by atoms with Crippen molar-refractivity contribution in [3.8, 4) is 23.0 Å². The highest BCUT2D eigenvalue weighted by atomic mass is 32.2. The van der Waals surface area contributed by atoms with Crippen LogP contribution in [-0.2, 0) is 14.8 Å². The highest BCUT2D eigenvalue weighted by molar-refractivity contribution is 7.89. The quantitative estimate of drug-likeness (QED) is 0.309. The van der Waals surface area contributed by atoms with Crippen LogP contribution in [0.3, 0.4) is 0 Å². The first-order chi connectivity index (χ1) is 19.3. The van der Waals surface area contributed by atoms with Crippen LogP contribution in [0.5, 0.6) is 0 Å². The summed E-state index contributed by atoms with van der Waals surface area (Å²) in [6.45, 7) is 6.45. The molecule has 1 aromatic heterocycles. The summed E-state index contributed by atoms with van der Waals surface area (Å²) in [6.07, 6.45) is 7.30. The highest BCUT2D eigenvalue weighted by Gasteiger charge is 2.32. The summed E-state index contributed by atoms with van der Waals surface area (Å²) in [6, 6.07) is 18.4. The van der Waals surface area contributed by atoms with Gasteiger partial charge >= 0.3 is 0 Å². The Morgan fingerprint density at radius 2 is 1.70 bits per heavy atom. The number of nitriles is 1. The van der Waals surface area contributed by atoms with Gasteiger partial charge in [-0.1, -0.05) is 44.2 Å². The molecule has 1 amide bonds. The van der Waals surface area contributed by atoms with Crippen LogP contribution < -0.4 is 0 Å². The first-order valence-corrected chi connectivity index (χ1v) is 15.4. The van der Waals surface area contributed by atoms with Crippen LogP contribution in [0.15, 0.2) is 71.3 Å². The van der Waals surface area contributed by atoms with Gasteiger partial charge in [-0.15, -0.1) is 0 Å². The van der Waals surface area contributed by atoms with Crippen LogP contribution in [0.2, 0.25) is 0 Å². The molecule has 2 aliphatic rings. The van der Waals surface area contributed by atoms with E-state index in [4.69, 9.17) is 5.10 Å². The summed E-state index contributed by atoms with van der Waals surface area (Å²) < 4.78 is 30.6. The van der Waals surface area contributed by atoms with Crippen molar-refractivity contribution in [1.82, 2.24) is 19.0 Å². The Bertz CT molecular complexity index is 1540. The first-order valence-electron chi connectivity index (χ1n) is 13.9. The van der Waals surface area contributed by atoms with Gasteiger partial charge in [-0.2, -0.15) is 14.7 Å². The Morgan fingerprint density at radius 1 is 1.00 bits per heavy atom. The van der Waals surface area contributed by atoms with Crippen molar-refractivity contribution in [3.63, 3.8) is 0 Å². The molecule has 2 aromatic carbocycles. The number of amides is 1. The van der Waals surface area contributed by atoms with Crippen LogP contribution in [0.25, 0.3) is 23.0 Å². The molecule has 0 N–H and O–H groups in total. The number of rotatable bonds is 6. The molecule has 0 radical (unpaired) electrons. The number of aromatic nitrogens is 2. The van der Waals surface area contributed by atoms with E-state index in [1.807, 2.05) is 36.4 Å². The predicted molar refractivity (Wildman–Crippen MR) is 155 cm³/mol. The van der Waals surface area contributed by atoms with Crippen molar-refractivity contribution in [2.75, 3.05) is 26.2 Å². The lowest BCUT2D eigenvalue weighted by Gasteiger charge is -2.34. The molecular formula is C31H35N5O3S. The second-order valence-corrected chi connectivity index (χ2v) is 13.0. The summed E-state index contributed by atoms with van der Waals surface area (Å²) in [5.41, 5.74) is 2.52. The van der Waals surface area contributed by atoms with E-state index < -0.39 is 10.0 Å². The number of carbonyl (C=O) groups excluding carboxylic acids is 1. The third-order valence-corrected chi connectivity index (χ3v) is 9.47. The van der Waals surface area contributed by atoms with Crippen LogP contribution in [0.1, 0.15) is 45.1 Å². The molecule has 40 heavy (non-hydrogen) atoms. The van der Waals surface area contributed by atoms with Crippen molar-refractivity contribution >= 4 is 22.0 Å². The van der Waals surface area contributed by atoms with E-state index in [-0.39, 0.29) is 16.4 Å². The molecule has 2 fully saturated rings. The third-order valence-electron chi connectivity index (χ3n) is 7.64. The molecule has 2 atom stereocenters. The smallest absolute Gasteiger partial charge is 0.264 e. The zero-order chi connectivity index (χ0) is 28.3. The number of nitrogens with zero attached hydrogens (tertiary/aromatic N) is 5. The van der Waals surface area contributed by atoms with E-state index in [0.717, 1.165) is 31.4 Å². The van der Waals surface area contributed by atoms with Crippen LogP contribution in [-0.4, -0.2) is 59.5 Å². The standard InChI is InChI=1S/C31H35N5O3S/c1-23-16-24(2)21-35(20-23)40(38,39)29-13-9-10-25(18-29)30-27(22-36(33-30)28-11-5-3-6-12-28)17-26(19-32)31(37)34-14-7-4-8-15-34/h3,5-6,9-13,17-18,22-24H,4,7-8,14-16,20-21H2,1-2H3/b26-17-. The monoisotopic (exact) mass is 557 g/mol. The summed E-state index contributed by atoms with van der Waals surface area (Å²) in [5.74, 6) is 0.300. The molecule has 2 aliphatic heterocycles. The largest absolute Gasteiger partial charge is 0.338 e. The van der Waals surface area contributed by atoms with Crippen molar-refractivity contribution in [2.24, 2.45) is 11.8 Å². The number of carbonyl (C=O) groups is 1. The van der Waals surface area contributed by atoms with Crippen molar-refractivity contribution in [2.45, 2.75) is 44.4 Å². The molecule has 2 saturated heterocycles. The molecular weight excluding hydrogens is 522 g/mol. The Morgan fingerprint density at radius 3 is 2.38 bits per heavy atom. The second kappa shape index (κ2) is 11.8. The van der Waals surface area contributed by atoms with Gasteiger partial charge in [-0.25, -0.2) is 13.1 Å². The van der Waals surface area contributed by atoms with Gasteiger partial charge in [0, 0.05) is 43.5 Å². The van der Waals surface area contributed by atoms with Gasteiger partial charge < -0.3 is 4.90 Å². The topological polar surface area (TPSA) is 99.3 Å². The maximum absolute atomic E-state index is 13.7. The van der Waals surface area contributed by atoms with E-state index in [2.05, 4.69) is 19.9 Å². The molecule has 0 aliphatic carbocycles. The fraction of sp³-hybridized carbons (Fsp3) is 0.387. The zero-order valence-electron chi connectivity index (χ0n) is 23.0. The molecule has 9 heteroatoms. The van der Waals surface area contributed by atoms with Gasteiger partial charge in [0.25, 0.3) is 5.91 Å². The third kappa shape index (κ3) is 5.88. The van der Waals surface area contributed by atoms with E-state index in [0.29, 0.717) is 54.8 Å². The van der Waals surface area contributed by atoms with Crippen LogP contribution >= 0.6 is 0 Å². The van der Waals surface area contributed by atoms with Gasteiger partial charge in [0.2, 0.25) is 10.0 Å². The minimum absolute atomic E-state index is 0.0378. The van der Waals surface area contributed by atoms with Crippen LogP contribution in [0.4, 0.5) is 0 Å². The summed E-state index contributed by atoms with van der Waals surface area (Å²) in [7, 11) is -3.70. The van der Waals surface area contributed by atoms with E-state index in [9.17, 15) is 18.5 Å². The number of para-hydroxylation sites is 1. The number of sulfonamides is 1. The molecule has 0 bridgehead atoms. The molecule has 208 valence electrons. The fourth-order valence-electron chi connectivity index (χ4n) is 5.75. The Kier molecular flexibility index (Phi) is 8.19. The maximum Gasteiger partial charge on any atom is 0.264 e. The van der Waals surface area contributed by atoms with Gasteiger partial charge in [0.05, 0.1) is 10.6 Å². The summed E-state index contributed by atoms with van der Waals surface area (Å²) in [5, 5.41) is 14.7. The molecule has 5 rings (SSSR count). The Hall–Kier alpha value is -3.74. The van der Waals surface area contributed by atoms with E-state index >= 15 is 0 Å². The lowest BCUT2D eigenvalue weighted by atomic mass is 9.94. The normalized spacial score (nSPS) is 20.7.